The number of aromatic nitrogens is 1. The van der Waals surface area contributed by atoms with Gasteiger partial charge < -0.3 is 21.1 Å². The van der Waals surface area contributed by atoms with E-state index in [1.807, 2.05) is 18.2 Å². The first-order chi connectivity index (χ1) is 13.6. The van der Waals surface area contributed by atoms with Crippen LogP contribution in [0.2, 0.25) is 0 Å². The maximum Gasteiger partial charge on any atom is 0.407 e. The van der Waals surface area contributed by atoms with E-state index in [9.17, 15) is 9.59 Å². The molecule has 0 aliphatic heterocycles. The van der Waals surface area contributed by atoms with E-state index in [0.29, 0.717) is 24.2 Å². The third-order valence-corrected chi connectivity index (χ3v) is 4.25. The lowest BCUT2D eigenvalue weighted by Crippen LogP contribution is -2.39. The van der Waals surface area contributed by atoms with E-state index in [0.717, 1.165) is 11.1 Å². The van der Waals surface area contributed by atoms with Crippen molar-refractivity contribution in [2.24, 2.45) is 5.73 Å². The number of rotatable bonds is 6. The predicted octanol–water partition coefficient (Wildman–Crippen LogP) is 2.41. The van der Waals surface area contributed by atoms with Crippen LogP contribution in [0.1, 0.15) is 27.9 Å². The molecule has 0 radical (unpaired) electrons. The van der Waals surface area contributed by atoms with Crippen molar-refractivity contribution in [2.45, 2.75) is 25.6 Å². The molecule has 0 spiro atoms. The second-order valence-electron chi connectivity index (χ2n) is 6.34. The second kappa shape index (κ2) is 9.36. The lowest BCUT2D eigenvalue weighted by atomic mass is 10.0. The highest BCUT2D eigenvalue weighted by Gasteiger charge is 2.16. The van der Waals surface area contributed by atoms with E-state index in [1.165, 1.54) is 0 Å². The van der Waals surface area contributed by atoms with Gasteiger partial charge in [0, 0.05) is 35.8 Å². The van der Waals surface area contributed by atoms with Gasteiger partial charge in [-0.05, 0) is 36.3 Å². The topological polar surface area (TPSA) is 106 Å². The molecule has 2 amide bonds. The Hall–Kier alpha value is -3.61. The van der Waals surface area contributed by atoms with Crippen LogP contribution in [0.4, 0.5) is 4.79 Å². The first kappa shape index (κ1) is 19.2. The number of nitrogens with two attached hydrogens (primary N) is 1. The minimum Gasteiger partial charge on any atom is -0.445 e. The summed E-state index contributed by atoms with van der Waals surface area (Å²) in [6, 6.07) is 10.4. The van der Waals surface area contributed by atoms with Gasteiger partial charge in [-0.2, -0.15) is 0 Å². The molecule has 4 N–H and O–H groups in total. The maximum absolute atomic E-state index is 12.3. The summed E-state index contributed by atoms with van der Waals surface area (Å²) in [6.45, 7) is 0.462. The molecule has 1 heterocycles. The molecule has 3 rings (SSSR count). The number of carbonyl (C=O) groups excluding carboxylic acids is 2. The molecule has 1 unspecified atom stereocenters. The van der Waals surface area contributed by atoms with Gasteiger partial charge in [0.1, 0.15) is 6.61 Å². The molecular weight excluding hydrogens is 356 g/mol. The highest BCUT2D eigenvalue weighted by molar-refractivity contribution is 5.94. The molecule has 1 aromatic carbocycles. The highest BCUT2D eigenvalue weighted by Crippen LogP contribution is 2.10. The van der Waals surface area contributed by atoms with Crippen molar-refractivity contribution in [2.75, 3.05) is 0 Å². The predicted molar refractivity (Wildman–Crippen MR) is 105 cm³/mol. The molecule has 0 saturated carbocycles. The van der Waals surface area contributed by atoms with Crippen molar-refractivity contribution in [1.29, 1.82) is 0 Å². The van der Waals surface area contributed by atoms with Crippen LogP contribution < -0.4 is 16.4 Å². The Morgan fingerprint density at radius 3 is 2.71 bits per heavy atom. The van der Waals surface area contributed by atoms with Gasteiger partial charge in [-0.25, -0.2) is 4.79 Å². The fourth-order valence-corrected chi connectivity index (χ4v) is 2.66. The molecule has 1 aliphatic rings. The number of carbonyl (C=O) groups is 2. The van der Waals surface area contributed by atoms with E-state index in [2.05, 4.69) is 15.6 Å². The number of benzene rings is 1. The second-order valence-corrected chi connectivity index (χ2v) is 6.34. The highest BCUT2D eigenvalue weighted by atomic mass is 16.5. The van der Waals surface area contributed by atoms with Gasteiger partial charge in [-0.3, -0.25) is 9.78 Å². The van der Waals surface area contributed by atoms with Crippen LogP contribution in [-0.2, 0) is 17.9 Å². The van der Waals surface area contributed by atoms with E-state index in [4.69, 9.17) is 10.5 Å². The average molecular weight is 378 g/mol. The normalized spacial score (nSPS) is 15.4. The summed E-state index contributed by atoms with van der Waals surface area (Å²) in [7, 11) is 0. The number of pyridine rings is 1. The SMILES string of the molecule is NC1=CC=CCC1NC(=O)c1ccc(CNC(=O)OCc2cccnc2)cc1. The Morgan fingerprint density at radius 1 is 1.18 bits per heavy atom. The quantitative estimate of drug-likeness (QED) is 0.716. The number of alkyl carbamates (subject to hydrolysis) is 1. The van der Waals surface area contributed by atoms with Crippen LogP contribution >= 0.6 is 0 Å². The molecule has 7 heteroatoms. The number of hydrogen-bond acceptors (Lipinski definition) is 5. The van der Waals surface area contributed by atoms with Gasteiger partial charge in [0.15, 0.2) is 0 Å². The fourth-order valence-electron chi connectivity index (χ4n) is 2.66. The summed E-state index contributed by atoms with van der Waals surface area (Å²) >= 11 is 0. The van der Waals surface area contributed by atoms with Crippen molar-refractivity contribution in [3.8, 4) is 0 Å². The molecule has 7 nitrogen and oxygen atoms in total. The van der Waals surface area contributed by atoms with E-state index >= 15 is 0 Å². The summed E-state index contributed by atoms with van der Waals surface area (Å²) < 4.78 is 5.13. The number of hydrogen-bond donors (Lipinski definition) is 3. The fraction of sp³-hybridized carbons (Fsp3) is 0.190. The molecule has 0 saturated heterocycles. The van der Waals surface area contributed by atoms with Crippen LogP contribution in [0.15, 0.2) is 72.7 Å². The number of ether oxygens (including phenoxy) is 1. The number of amides is 2. The Bertz CT molecular complexity index is 876. The van der Waals surface area contributed by atoms with Crippen LogP contribution in [0.3, 0.4) is 0 Å². The van der Waals surface area contributed by atoms with Crippen LogP contribution in [0.5, 0.6) is 0 Å². The van der Waals surface area contributed by atoms with Crippen LogP contribution in [-0.4, -0.2) is 23.0 Å². The van der Waals surface area contributed by atoms with Gasteiger partial charge in [0.25, 0.3) is 5.91 Å². The molecule has 1 aliphatic carbocycles. The van der Waals surface area contributed by atoms with E-state index in [-0.39, 0.29) is 18.6 Å². The largest absolute Gasteiger partial charge is 0.445 e. The summed E-state index contributed by atoms with van der Waals surface area (Å²) in [4.78, 5) is 28.1. The zero-order valence-electron chi connectivity index (χ0n) is 15.3. The Kier molecular flexibility index (Phi) is 6.41. The molecule has 144 valence electrons. The minimum absolute atomic E-state index is 0.159. The maximum atomic E-state index is 12.3. The average Bonchev–Trinajstić information content (AvgIpc) is 2.73. The number of nitrogens with zero attached hydrogens (tertiary/aromatic N) is 1. The monoisotopic (exact) mass is 378 g/mol. The van der Waals surface area contributed by atoms with Crippen molar-refractivity contribution < 1.29 is 14.3 Å². The van der Waals surface area contributed by atoms with E-state index < -0.39 is 6.09 Å². The van der Waals surface area contributed by atoms with Crippen molar-refractivity contribution in [1.82, 2.24) is 15.6 Å². The zero-order valence-corrected chi connectivity index (χ0v) is 15.3. The summed E-state index contributed by atoms with van der Waals surface area (Å²) in [5.74, 6) is -0.188. The Labute approximate surface area is 163 Å². The van der Waals surface area contributed by atoms with E-state index in [1.54, 1.807) is 48.8 Å². The Balaban J connectivity index is 1.45. The number of allylic oxidation sites excluding steroid dienone is 2. The molecular formula is C21H22N4O3. The van der Waals surface area contributed by atoms with Crippen LogP contribution in [0.25, 0.3) is 0 Å². The Morgan fingerprint density at radius 2 is 2.00 bits per heavy atom. The smallest absolute Gasteiger partial charge is 0.407 e. The van der Waals surface area contributed by atoms with Crippen molar-refractivity contribution in [3.63, 3.8) is 0 Å². The zero-order chi connectivity index (χ0) is 19.8. The molecule has 1 atom stereocenters. The summed E-state index contributed by atoms with van der Waals surface area (Å²) in [5.41, 5.74) is 8.74. The van der Waals surface area contributed by atoms with Crippen molar-refractivity contribution in [3.05, 3.63) is 89.4 Å². The standard InChI is InChI=1S/C21H22N4O3/c22-18-5-1-2-6-19(18)25-20(26)17-9-7-15(8-10-17)13-24-21(27)28-14-16-4-3-11-23-12-16/h1-5,7-12,19H,6,13-14,22H2,(H,24,27)(H,25,26). The minimum atomic E-state index is -0.515. The molecule has 2 aromatic rings. The molecule has 0 bridgehead atoms. The lowest BCUT2D eigenvalue weighted by Gasteiger charge is -2.19. The third kappa shape index (κ3) is 5.44. The van der Waals surface area contributed by atoms with Gasteiger partial charge in [0.2, 0.25) is 0 Å². The molecule has 0 fully saturated rings. The van der Waals surface area contributed by atoms with Gasteiger partial charge in [-0.1, -0.05) is 30.4 Å². The summed E-state index contributed by atoms with van der Waals surface area (Å²) in [6.07, 6.45) is 9.09. The number of nitrogens with one attached hydrogen (secondary N) is 2. The lowest BCUT2D eigenvalue weighted by molar-refractivity contribution is 0.0942. The van der Waals surface area contributed by atoms with Crippen LogP contribution in [0, 0.1) is 0 Å². The molecule has 28 heavy (non-hydrogen) atoms. The first-order valence-electron chi connectivity index (χ1n) is 8.93. The van der Waals surface area contributed by atoms with Gasteiger partial charge >= 0.3 is 6.09 Å². The van der Waals surface area contributed by atoms with Gasteiger partial charge in [-0.15, -0.1) is 0 Å². The first-order valence-corrected chi connectivity index (χ1v) is 8.93. The van der Waals surface area contributed by atoms with Gasteiger partial charge in [0.05, 0.1) is 6.04 Å². The summed E-state index contributed by atoms with van der Waals surface area (Å²) in [5, 5.41) is 5.58. The third-order valence-electron chi connectivity index (χ3n) is 4.25. The van der Waals surface area contributed by atoms with Crippen molar-refractivity contribution >= 4 is 12.0 Å². The molecule has 1 aromatic heterocycles.